The standard InChI is InChI=1S/C11H11IN2O2/c12-9-3-1-8(2-4-9)7-14-10(15)5-13-6-11(14)16/h1-4,13H,5-7H2. The summed E-state index contributed by atoms with van der Waals surface area (Å²) >= 11 is 2.22. The van der Waals surface area contributed by atoms with Crippen LogP contribution >= 0.6 is 22.6 Å². The summed E-state index contributed by atoms with van der Waals surface area (Å²) in [5.41, 5.74) is 0.976. The number of imide groups is 1. The van der Waals surface area contributed by atoms with Gasteiger partial charge in [0.1, 0.15) is 0 Å². The first-order valence-corrected chi connectivity index (χ1v) is 6.03. The van der Waals surface area contributed by atoms with Crippen molar-refractivity contribution in [3.8, 4) is 0 Å². The number of nitrogens with one attached hydrogen (secondary N) is 1. The van der Waals surface area contributed by atoms with Crippen molar-refractivity contribution in [1.29, 1.82) is 0 Å². The highest BCUT2D eigenvalue weighted by Crippen LogP contribution is 2.10. The predicted molar refractivity (Wildman–Crippen MR) is 67.6 cm³/mol. The van der Waals surface area contributed by atoms with Crippen LogP contribution < -0.4 is 5.32 Å². The van der Waals surface area contributed by atoms with Crippen LogP contribution in [-0.2, 0) is 16.1 Å². The molecule has 0 aliphatic carbocycles. The van der Waals surface area contributed by atoms with E-state index in [0.29, 0.717) is 6.54 Å². The van der Waals surface area contributed by atoms with E-state index < -0.39 is 0 Å². The van der Waals surface area contributed by atoms with Gasteiger partial charge in [0.25, 0.3) is 0 Å². The summed E-state index contributed by atoms with van der Waals surface area (Å²) in [6.45, 7) is 0.864. The molecule has 1 saturated heterocycles. The molecule has 1 fully saturated rings. The maximum absolute atomic E-state index is 11.5. The average molecular weight is 330 g/mol. The summed E-state index contributed by atoms with van der Waals surface area (Å²) in [6, 6.07) is 7.80. The van der Waals surface area contributed by atoms with Crippen LogP contribution in [0.3, 0.4) is 0 Å². The minimum Gasteiger partial charge on any atom is -0.300 e. The topological polar surface area (TPSA) is 49.4 Å². The summed E-state index contributed by atoms with van der Waals surface area (Å²) in [4.78, 5) is 24.3. The van der Waals surface area contributed by atoms with Crippen molar-refractivity contribution in [3.05, 3.63) is 33.4 Å². The lowest BCUT2D eigenvalue weighted by atomic mass is 10.2. The Morgan fingerprint density at radius 2 is 1.69 bits per heavy atom. The van der Waals surface area contributed by atoms with Crippen LogP contribution in [0.2, 0.25) is 0 Å². The van der Waals surface area contributed by atoms with E-state index in [-0.39, 0.29) is 24.9 Å². The number of benzene rings is 1. The average Bonchev–Trinajstić information content (AvgIpc) is 2.26. The Kier molecular flexibility index (Phi) is 3.55. The van der Waals surface area contributed by atoms with Gasteiger partial charge in [-0.2, -0.15) is 0 Å². The second-order valence-electron chi connectivity index (χ2n) is 3.60. The summed E-state index contributed by atoms with van der Waals surface area (Å²) in [7, 11) is 0. The smallest absolute Gasteiger partial charge is 0.243 e. The number of carbonyl (C=O) groups is 2. The van der Waals surface area contributed by atoms with Gasteiger partial charge in [-0.3, -0.25) is 19.8 Å². The van der Waals surface area contributed by atoms with Crippen LogP contribution in [0.15, 0.2) is 24.3 Å². The number of halogens is 1. The van der Waals surface area contributed by atoms with Crippen LogP contribution in [0.25, 0.3) is 0 Å². The predicted octanol–water partition coefficient (Wildman–Crippen LogP) is 0.750. The van der Waals surface area contributed by atoms with Gasteiger partial charge in [0.15, 0.2) is 0 Å². The van der Waals surface area contributed by atoms with Crippen LogP contribution in [-0.4, -0.2) is 29.8 Å². The molecule has 5 heteroatoms. The lowest BCUT2D eigenvalue weighted by Crippen LogP contribution is -2.51. The van der Waals surface area contributed by atoms with Crippen molar-refractivity contribution in [2.75, 3.05) is 13.1 Å². The molecule has 1 aliphatic rings. The molecule has 0 spiro atoms. The zero-order valence-corrected chi connectivity index (χ0v) is 10.7. The molecule has 0 saturated carbocycles. The van der Waals surface area contributed by atoms with Crippen molar-refractivity contribution in [2.24, 2.45) is 0 Å². The molecule has 84 valence electrons. The first-order valence-electron chi connectivity index (χ1n) is 4.95. The van der Waals surface area contributed by atoms with Crippen molar-refractivity contribution in [1.82, 2.24) is 10.2 Å². The molecule has 2 rings (SSSR count). The van der Waals surface area contributed by atoms with Crippen molar-refractivity contribution >= 4 is 34.4 Å². The summed E-state index contributed by atoms with van der Waals surface area (Å²) in [5.74, 6) is -0.315. The number of rotatable bonds is 2. The quantitative estimate of drug-likeness (QED) is 0.643. The molecule has 16 heavy (non-hydrogen) atoms. The van der Waals surface area contributed by atoms with Gasteiger partial charge in [-0.25, -0.2) is 0 Å². The number of amides is 2. The molecule has 0 radical (unpaired) electrons. The second-order valence-corrected chi connectivity index (χ2v) is 4.85. The summed E-state index contributed by atoms with van der Waals surface area (Å²) < 4.78 is 1.14. The van der Waals surface area contributed by atoms with E-state index in [1.54, 1.807) is 0 Å². The molecular formula is C11H11IN2O2. The van der Waals surface area contributed by atoms with E-state index in [9.17, 15) is 9.59 Å². The maximum atomic E-state index is 11.5. The Morgan fingerprint density at radius 1 is 1.12 bits per heavy atom. The Morgan fingerprint density at radius 3 is 2.25 bits per heavy atom. The molecule has 1 aromatic rings. The van der Waals surface area contributed by atoms with Gasteiger partial charge in [-0.05, 0) is 40.3 Å². The Balaban J connectivity index is 2.10. The molecule has 1 aromatic carbocycles. The third-order valence-electron chi connectivity index (χ3n) is 2.41. The Hall–Kier alpha value is -0.950. The minimum atomic E-state index is -0.158. The van der Waals surface area contributed by atoms with Gasteiger partial charge in [0.05, 0.1) is 19.6 Å². The monoisotopic (exact) mass is 330 g/mol. The van der Waals surface area contributed by atoms with Gasteiger partial charge in [0.2, 0.25) is 11.8 Å². The highest BCUT2D eigenvalue weighted by molar-refractivity contribution is 14.1. The van der Waals surface area contributed by atoms with Crippen molar-refractivity contribution < 1.29 is 9.59 Å². The van der Waals surface area contributed by atoms with E-state index in [1.165, 1.54) is 4.90 Å². The third kappa shape index (κ3) is 2.59. The minimum absolute atomic E-state index is 0.158. The summed E-state index contributed by atoms with van der Waals surface area (Å²) in [5, 5.41) is 2.77. The number of piperazine rings is 1. The molecule has 4 nitrogen and oxygen atoms in total. The normalized spacial score (nSPS) is 16.7. The van der Waals surface area contributed by atoms with Gasteiger partial charge >= 0.3 is 0 Å². The number of nitrogens with zero attached hydrogens (tertiary/aromatic N) is 1. The lowest BCUT2D eigenvalue weighted by Gasteiger charge is -2.25. The second kappa shape index (κ2) is 4.92. The van der Waals surface area contributed by atoms with E-state index in [0.717, 1.165) is 9.13 Å². The zero-order valence-electron chi connectivity index (χ0n) is 8.57. The number of hydrogen-bond donors (Lipinski definition) is 1. The molecular weight excluding hydrogens is 319 g/mol. The highest BCUT2D eigenvalue weighted by Gasteiger charge is 2.25. The molecule has 0 atom stereocenters. The van der Waals surface area contributed by atoms with E-state index in [2.05, 4.69) is 27.9 Å². The molecule has 0 bridgehead atoms. The fraction of sp³-hybridized carbons (Fsp3) is 0.273. The fourth-order valence-electron chi connectivity index (χ4n) is 1.56. The van der Waals surface area contributed by atoms with E-state index >= 15 is 0 Å². The first-order chi connectivity index (χ1) is 7.66. The lowest BCUT2D eigenvalue weighted by molar-refractivity contribution is -0.147. The van der Waals surface area contributed by atoms with Crippen LogP contribution in [0.1, 0.15) is 5.56 Å². The van der Waals surface area contributed by atoms with Crippen LogP contribution in [0.5, 0.6) is 0 Å². The van der Waals surface area contributed by atoms with Crippen molar-refractivity contribution in [3.63, 3.8) is 0 Å². The Labute approximate surface area is 107 Å². The number of carbonyl (C=O) groups excluding carboxylic acids is 2. The van der Waals surface area contributed by atoms with E-state index in [1.807, 2.05) is 24.3 Å². The molecule has 0 unspecified atom stereocenters. The molecule has 1 N–H and O–H groups in total. The molecule has 0 aromatic heterocycles. The first kappa shape index (κ1) is 11.5. The highest BCUT2D eigenvalue weighted by atomic mass is 127. The fourth-order valence-corrected chi connectivity index (χ4v) is 1.91. The zero-order chi connectivity index (χ0) is 11.5. The van der Waals surface area contributed by atoms with E-state index in [4.69, 9.17) is 0 Å². The molecule has 2 amide bonds. The third-order valence-corrected chi connectivity index (χ3v) is 3.13. The van der Waals surface area contributed by atoms with Gasteiger partial charge in [-0.1, -0.05) is 12.1 Å². The largest absolute Gasteiger partial charge is 0.300 e. The van der Waals surface area contributed by atoms with Crippen LogP contribution in [0, 0.1) is 3.57 Å². The van der Waals surface area contributed by atoms with Crippen LogP contribution in [0.4, 0.5) is 0 Å². The number of hydrogen-bond acceptors (Lipinski definition) is 3. The molecule has 1 aliphatic heterocycles. The SMILES string of the molecule is O=C1CNCC(=O)N1Cc1ccc(I)cc1. The van der Waals surface area contributed by atoms with Gasteiger partial charge in [-0.15, -0.1) is 0 Å². The van der Waals surface area contributed by atoms with Crippen molar-refractivity contribution in [2.45, 2.75) is 6.54 Å². The maximum Gasteiger partial charge on any atom is 0.243 e. The summed E-state index contributed by atoms with van der Waals surface area (Å²) in [6.07, 6.45) is 0. The Bertz CT molecular complexity index is 400. The molecule has 1 heterocycles. The van der Waals surface area contributed by atoms with Gasteiger partial charge in [0, 0.05) is 3.57 Å². The van der Waals surface area contributed by atoms with Gasteiger partial charge < -0.3 is 0 Å².